The monoisotopic (exact) mass is 180 g/mol. The Hall–Kier alpha value is -1.16. The van der Waals surface area contributed by atoms with E-state index in [0.717, 1.165) is 24.6 Å². The zero-order chi connectivity index (χ0) is 9.68. The normalized spacial score (nSPS) is 10.1. The highest BCUT2D eigenvalue weighted by Gasteiger charge is 1.99. The van der Waals surface area contributed by atoms with E-state index in [1.54, 1.807) is 12.4 Å². The summed E-state index contributed by atoms with van der Waals surface area (Å²) < 4.78 is 0. The fraction of sp³-hybridized carbons (Fsp3) is 0.556. The molecule has 0 unspecified atom stereocenters. The topological polar surface area (TPSA) is 41.1 Å². The maximum Gasteiger partial charge on any atom is 0.146 e. The van der Waals surface area contributed by atoms with E-state index in [4.69, 9.17) is 0 Å². The Bertz CT molecular complexity index is 244. The van der Waals surface area contributed by atoms with Crippen LogP contribution in [-0.4, -0.2) is 30.6 Å². The maximum absolute atomic E-state index is 4.29. The Balaban J connectivity index is 2.69. The van der Waals surface area contributed by atoms with Crippen molar-refractivity contribution in [1.29, 1.82) is 0 Å². The number of nitrogens with zero attached hydrogens (tertiary/aromatic N) is 3. The van der Waals surface area contributed by atoms with Crippen LogP contribution in [0.1, 0.15) is 12.6 Å². The second kappa shape index (κ2) is 4.77. The molecular formula is C9H16N4. The number of aromatic nitrogens is 2. The molecule has 1 aromatic heterocycles. The minimum Gasteiger partial charge on any atom is -0.359 e. The van der Waals surface area contributed by atoms with Crippen molar-refractivity contribution in [3.63, 3.8) is 0 Å². The summed E-state index contributed by atoms with van der Waals surface area (Å²) in [6.45, 7) is 3.80. The molecule has 0 aliphatic carbocycles. The van der Waals surface area contributed by atoms with E-state index in [9.17, 15) is 0 Å². The first-order chi connectivity index (χ1) is 6.27. The average Bonchev–Trinajstić information content (AvgIpc) is 2.18. The molecule has 0 radical (unpaired) electrons. The van der Waals surface area contributed by atoms with Crippen molar-refractivity contribution in [1.82, 2.24) is 15.3 Å². The third-order valence-electron chi connectivity index (χ3n) is 1.92. The standard InChI is InChI=1S/C9H16N4/c1-4-13(3)9-7-11-8(5-10-2)6-12-9/h6-7,10H,4-5H2,1-3H3. The van der Waals surface area contributed by atoms with Crippen molar-refractivity contribution in [2.75, 3.05) is 25.5 Å². The van der Waals surface area contributed by atoms with Gasteiger partial charge in [-0.05, 0) is 14.0 Å². The Morgan fingerprint density at radius 2 is 2.15 bits per heavy atom. The van der Waals surface area contributed by atoms with Gasteiger partial charge >= 0.3 is 0 Å². The van der Waals surface area contributed by atoms with Crippen LogP contribution in [0.4, 0.5) is 5.82 Å². The van der Waals surface area contributed by atoms with E-state index in [-0.39, 0.29) is 0 Å². The molecule has 0 saturated carbocycles. The van der Waals surface area contributed by atoms with Crippen molar-refractivity contribution in [2.24, 2.45) is 0 Å². The number of nitrogens with one attached hydrogen (secondary N) is 1. The Morgan fingerprint density at radius 3 is 2.62 bits per heavy atom. The van der Waals surface area contributed by atoms with E-state index in [0.29, 0.717) is 0 Å². The SMILES string of the molecule is CCN(C)c1cnc(CNC)cn1. The molecule has 0 aliphatic heterocycles. The summed E-state index contributed by atoms with van der Waals surface area (Å²) in [5, 5.41) is 3.03. The number of hydrogen-bond donors (Lipinski definition) is 1. The molecule has 0 aromatic carbocycles. The number of hydrogen-bond acceptors (Lipinski definition) is 4. The van der Waals surface area contributed by atoms with Gasteiger partial charge < -0.3 is 10.2 Å². The smallest absolute Gasteiger partial charge is 0.146 e. The lowest BCUT2D eigenvalue weighted by atomic mass is 10.4. The van der Waals surface area contributed by atoms with E-state index < -0.39 is 0 Å². The molecule has 1 rings (SSSR count). The quantitative estimate of drug-likeness (QED) is 0.738. The number of anilines is 1. The van der Waals surface area contributed by atoms with Crippen LogP contribution in [0.25, 0.3) is 0 Å². The molecule has 0 spiro atoms. The van der Waals surface area contributed by atoms with E-state index in [1.165, 1.54) is 0 Å². The molecule has 0 bridgehead atoms. The highest BCUT2D eigenvalue weighted by molar-refractivity contribution is 5.33. The third-order valence-corrected chi connectivity index (χ3v) is 1.92. The average molecular weight is 180 g/mol. The summed E-state index contributed by atoms with van der Waals surface area (Å²) in [5.74, 6) is 0.919. The van der Waals surface area contributed by atoms with Gasteiger partial charge in [0.15, 0.2) is 0 Å². The second-order valence-electron chi connectivity index (χ2n) is 2.91. The van der Waals surface area contributed by atoms with E-state index >= 15 is 0 Å². The van der Waals surface area contributed by atoms with Gasteiger partial charge in [0, 0.05) is 20.1 Å². The number of rotatable bonds is 4. The highest BCUT2D eigenvalue weighted by Crippen LogP contribution is 2.05. The maximum atomic E-state index is 4.29. The van der Waals surface area contributed by atoms with Gasteiger partial charge in [0.25, 0.3) is 0 Å². The molecule has 4 nitrogen and oxygen atoms in total. The minimum absolute atomic E-state index is 0.767. The van der Waals surface area contributed by atoms with Gasteiger partial charge in [0.2, 0.25) is 0 Å². The van der Waals surface area contributed by atoms with Crippen molar-refractivity contribution in [3.05, 3.63) is 18.1 Å². The predicted octanol–water partition coefficient (Wildman–Crippen LogP) is 0.652. The van der Waals surface area contributed by atoms with Crippen LogP contribution in [-0.2, 0) is 6.54 Å². The third kappa shape index (κ3) is 2.66. The summed E-state index contributed by atoms with van der Waals surface area (Å²) >= 11 is 0. The van der Waals surface area contributed by atoms with Crippen molar-refractivity contribution in [2.45, 2.75) is 13.5 Å². The molecule has 0 atom stereocenters. The minimum atomic E-state index is 0.767. The van der Waals surface area contributed by atoms with Gasteiger partial charge in [-0.25, -0.2) is 4.98 Å². The van der Waals surface area contributed by atoms with E-state index in [2.05, 4.69) is 27.1 Å². The van der Waals surface area contributed by atoms with Crippen LogP contribution < -0.4 is 10.2 Å². The molecule has 13 heavy (non-hydrogen) atoms. The molecule has 0 fully saturated rings. The zero-order valence-electron chi connectivity index (χ0n) is 8.41. The lowest BCUT2D eigenvalue weighted by Crippen LogP contribution is -2.18. The van der Waals surface area contributed by atoms with Crippen LogP contribution in [0.2, 0.25) is 0 Å². The summed E-state index contributed by atoms with van der Waals surface area (Å²) in [6.07, 6.45) is 3.61. The van der Waals surface area contributed by atoms with Gasteiger partial charge in [-0.3, -0.25) is 4.98 Å². The van der Waals surface area contributed by atoms with E-state index in [1.807, 2.05) is 14.1 Å². The van der Waals surface area contributed by atoms with Crippen LogP contribution in [0.15, 0.2) is 12.4 Å². The Morgan fingerprint density at radius 1 is 1.38 bits per heavy atom. The molecule has 0 aliphatic rings. The molecule has 72 valence electrons. The van der Waals surface area contributed by atoms with Crippen molar-refractivity contribution in [3.8, 4) is 0 Å². The predicted molar refractivity (Wildman–Crippen MR) is 53.7 cm³/mol. The molecule has 4 heteroatoms. The molecular weight excluding hydrogens is 164 g/mol. The van der Waals surface area contributed by atoms with Crippen molar-refractivity contribution < 1.29 is 0 Å². The molecule has 1 heterocycles. The van der Waals surface area contributed by atoms with Gasteiger partial charge in [-0.2, -0.15) is 0 Å². The summed E-state index contributed by atoms with van der Waals surface area (Å²) in [6, 6.07) is 0. The second-order valence-corrected chi connectivity index (χ2v) is 2.91. The van der Waals surface area contributed by atoms with Crippen LogP contribution >= 0.6 is 0 Å². The molecule has 1 N–H and O–H groups in total. The first-order valence-corrected chi connectivity index (χ1v) is 4.44. The molecule has 0 saturated heterocycles. The Labute approximate surface area is 79.0 Å². The van der Waals surface area contributed by atoms with Gasteiger partial charge in [0.1, 0.15) is 5.82 Å². The fourth-order valence-electron chi connectivity index (χ4n) is 0.979. The van der Waals surface area contributed by atoms with Gasteiger partial charge in [-0.1, -0.05) is 0 Å². The largest absolute Gasteiger partial charge is 0.359 e. The fourth-order valence-corrected chi connectivity index (χ4v) is 0.979. The Kier molecular flexibility index (Phi) is 3.64. The first kappa shape index (κ1) is 9.92. The highest BCUT2D eigenvalue weighted by atomic mass is 15.2. The van der Waals surface area contributed by atoms with Crippen LogP contribution in [0.3, 0.4) is 0 Å². The van der Waals surface area contributed by atoms with Crippen molar-refractivity contribution >= 4 is 5.82 Å². The lowest BCUT2D eigenvalue weighted by molar-refractivity contribution is 0.781. The first-order valence-electron chi connectivity index (χ1n) is 4.44. The molecule has 0 amide bonds. The van der Waals surface area contributed by atoms with Crippen LogP contribution in [0, 0.1) is 0 Å². The summed E-state index contributed by atoms with van der Waals surface area (Å²) in [7, 11) is 3.90. The summed E-state index contributed by atoms with van der Waals surface area (Å²) in [4.78, 5) is 10.6. The van der Waals surface area contributed by atoms with Gasteiger partial charge in [0.05, 0.1) is 18.1 Å². The van der Waals surface area contributed by atoms with Crippen LogP contribution in [0.5, 0.6) is 0 Å². The lowest BCUT2D eigenvalue weighted by Gasteiger charge is -2.14. The summed E-state index contributed by atoms with van der Waals surface area (Å²) in [5.41, 5.74) is 0.968. The van der Waals surface area contributed by atoms with Gasteiger partial charge in [-0.15, -0.1) is 0 Å². The molecule has 1 aromatic rings. The zero-order valence-corrected chi connectivity index (χ0v) is 8.41.